The maximum Gasteiger partial charge on any atom is 0.409 e. The van der Waals surface area contributed by atoms with E-state index < -0.39 is 0 Å². The van der Waals surface area contributed by atoms with Gasteiger partial charge in [-0.1, -0.05) is 0 Å². The van der Waals surface area contributed by atoms with E-state index in [1.165, 1.54) is 6.92 Å². The van der Waals surface area contributed by atoms with Gasteiger partial charge in [-0.2, -0.15) is 0 Å². The van der Waals surface area contributed by atoms with Gasteiger partial charge >= 0.3 is 6.09 Å². The number of hydrogen-bond acceptors (Lipinski definition) is 5. The number of piperidine rings is 1. The van der Waals surface area contributed by atoms with Crippen LogP contribution in [0, 0.1) is 13.8 Å². The summed E-state index contributed by atoms with van der Waals surface area (Å²) < 4.78 is 5.09. The summed E-state index contributed by atoms with van der Waals surface area (Å²) in [6, 6.07) is 0.295. The summed E-state index contributed by atoms with van der Waals surface area (Å²) in [5.74, 6) is -0.0562. The standard InChI is InChI=1S/C21H32N4O4/c1-5-29-21(28)24-11-9-23(10-12-24)17-7-6-8-25(13-17)20(27)18-14(2)19(16(4)26)22-15(18)3/h17,22H,5-13H2,1-4H3. The molecular weight excluding hydrogens is 372 g/mol. The molecule has 0 aromatic carbocycles. The van der Waals surface area contributed by atoms with Gasteiger partial charge in [0.15, 0.2) is 5.78 Å². The maximum absolute atomic E-state index is 13.2. The van der Waals surface area contributed by atoms with Crippen molar-refractivity contribution in [1.29, 1.82) is 0 Å². The smallest absolute Gasteiger partial charge is 0.409 e. The second kappa shape index (κ2) is 8.98. The van der Waals surface area contributed by atoms with Crippen LogP contribution in [0.2, 0.25) is 0 Å². The average molecular weight is 405 g/mol. The summed E-state index contributed by atoms with van der Waals surface area (Å²) in [6.45, 7) is 11.7. The van der Waals surface area contributed by atoms with Gasteiger partial charge in [-0.05, 0) is 39.2 Å². The molecule has 2 amide bonds. The van der Waals surface area contributed by atoms with E-state index in [-0.39, 0.29) is 17.8 Å². The molecule has 2 fully saturated rings. The number of ether oxygens (including phenoxy) is 1. The van der Waals surface area contributed by atoms with E-state index in [0.29, 0.717) is 43.5 Å². The number of likely N-dealkylation sites (tertiary alicyclic amines) is 1. The zero-order valence-corrected chi connectivity index (χ0v) is 17.9. The van der Waals surface area contributed by atoms with Crippen LogP contribution in [0.4, 0.5) is 4.79 Å². The van der Waals surface area contributed by atoms with Crippen molar-refractivity contribution in [2.75, 3.05) is 45.9 Å². The molecule has 0 saturated carbocycles. The molecule has 1 N–H and O–H groups in total. The molecule has 160 valence electrons. The molecule has 0 bridgehead atoms. The molecule has 1 aromatic heterocycles. The van der Waals surface area contributed by atoms with Crippen molar-refractivity contribution in [3.05, 3.63) is 22.5 Å². The molecule has 2 saturated heterocycles. The summed E-state index contributed by atoms with van der Waals surface area (Å²) in [5.41, 5.74) is 2.64. The first kappa shape index (κ1) is 21.4. The van der Waals surface area contributed by atoms with Crippen molar-refractivity contribution in [1.82, 2.24) is 19.7 Å². The van der Waals surface area contributed by atoms with Crippen molar-refractivity contribution in [2.45, 2.75) is 46.6 Å². The molecule has 1 unspecified atom stereocenters. The van der Waals surface area contributed by atoms with Crippen molar-refractivity contribution >= 4 is 17.8 Å². The lowest BCUT2D eigenvalue weighted by Gasteiger charge is -2.43. The molecule has 0 radical (unpaired) electrons. The Labute approximate surface area is 172 Å². The zero-order valence-electron chi connectivity index (χ0n) is 17.9. The number of nitrogens with one attached hydrogen (secondary N) is 1. The van der Waals surface area contributed by atoms with Crippen LogP contribution in [0.1, 0.15) is 58.8 Å². The van der Waals surface area contributed by atoms with E-state index >= 15 is 0 Å². The SMILES string of the molecule is CCOC(=O)N1CCN(C2CCCN(C(=O)c3c(C)[nH]c(C(C)=O)c3C)C2)CC1. The fourth-order valence-corrected chi connectivity index (χ4v) is 4.50. The lowest BCUT2D eigenvalue weighted by atomic mass is 10.0. The number of ketones is 1. The van der Waals surface area contributed by atoms with Crippen LogP contribution in [0.15, 0.2) is 0 Å². The van der Waals surface area contributed by atoms with Crippen LogP contribution >= 0.6 is 0 Å². The molecule has 8 heteroatoms. The Balaban J connectivity index is 1.64. The first-order valence-electron chi connectivity index (χ1n) is 10.5. The molecule has 1 aromatic rings. The van der Waals surface area contributed by atoms with Crippen LogP contribution in [0.25, 0.3) is 0 Å². The van der Waals surface area contributed by atoms with E-state index in [1.807, 2.05) is 25.7 Å². The van der Waals surface area contributed by atoms with E-state index in [9.17, 15) is 14.4 Å². The normalized spacial score (nSPS) is 20.6. The summed E-state index contributed by atoms with van der Waals surface area (Å²) >= 11 is 0. The van der Waals surface area contributed by atoms with Crippen molar-refractivity contribution < 1.29 is 19.1 Å². The van der Waals surface area contributed by atoms with Crippen LogP contribution in [0.3, 0.4) is 0 Å². The van der Waals surface area contributed by atoms with Crippen LogP contribution in [-0.4, -0.2) is 89.4 Å². The minimum Gasteiger partial charge on any atom is -0.450 e. The van der Waals surface area contributed by atoms with Gasteiger partial charge in [-0.15, -0.1) is 0 Å². The Morgan fingerprint density at radius 3 is 2.34 bits per heavy atom. The molecule has 3 rings (SSSR count). The van der Waals surface area contributed by atoms with Crippen molar-refractivity contribution in [3.8, 4) is 0 Å². The summed E-state index contributed by atoms with van der Waals surface area (Å²) in [7, 11) is 0. The number of amides is 2. The third-order valence-electron chi connectivity index (χ3n) is 6.04. The molecule has 1 atom stereocenters. The number of carbonyl (C=O) groups is 3. The van der Waals surface area contributed by atoms with Crippen molar-refractivity contribution in [3.63, 3.8) is 0 Å². The number of aromatic nitrogens is 1. The summed E-state index contributed by atoms with van der Waals surface area (Å²) in [6.07, 6.45) is 1.76. The Morgan fingerprint density at radius 1 is 1.07 bits per heavy atom. The topological polar surface area (TPSA) is 85.9 Å². The lowest BCUT2D eigenvalue weighted by molar-refractivity contribution is 0.0377. The fourth-order valence-electron chi connectivity index (χ4n) is 4.50. The predicted molar refractivity (Wildman–Crippen MR) is 109 cm³/mol. The van der Waals surface area contributed by atoms with Gasteiger partial charge in [-0.25, -0.2) is 4.79 Å². The second-order valence-corrected chi connectivity index (χ2v) is 7.95. The largest absolute Gasteiger partial charge is 0.450 e. The molecule has 2 aliphatic rings. The van der Waals surface area contributed by atoms with Gasteiger partial charge in [-0.3, -0.25) is 14.5 Å². The Kier molecular flexibility index (Phi) is 6.62. The number of Topliss-reactive ketones (excluding diaryl/α,β-unsaturated/α-hetero) is 1. The molecule has 29 heavy (non-hydrogen) atoms. The number of aryl methyl sites for hydroxylation is 1. The Bertz CT molecular complexity index is 780. The monoisotopic (exact) mass is 404 g/mol. The van der Waals surface area contributed by atoms with Crippen LogP contribution in [0.5, 0.6) is 0 Å². The third kappa shape index (κ3) is 4.47. The van der Waals surface area contributed by atoms with Gasteiger partial charge in [0, 0.05) is 57.9 Å². The third-order valence-corrected chi connectivity index (χ3v) is 6.04. The molecule has 2 aliphatic heterocycles. The number of H-pyrrole nitrogens is 1. The number of nitrogens with zero attached hydrogens (tertiary/aromatic N) is 3. The quantitative estimate of drug-likeness (QED) is 0.778. The van der Waals surface area contributed by atoms with Gasteiger partial charge in [0.25, 0.3) is 5.91 Å². The fraction of sp³-hybridized carbons (Fsp3) is 0.667. The summed E-state index contributed by atoms with van der Waals surface area (Å²) in [4.78, 5) is 46.1. The van der Waals surface area contributed by atoms with Gasteiger partial charge in [0.1, 0.15) is 0 Å². The minimum atomic E-state index is -0.243. The molecule has 3 heterocycles. The molecule has 0 aliphatic carbocycles. The predicted octanol–water partition coefficient (Wildman–Crippen LogP) is 2.21. The van der Waals surface area contributed by atoms with Gasteiger partial charge in [0.05, 0.1) is 17.9 Å². The van der Waals surface area contributed by atoms with Gasteiger partial charge in [0.2, 0.25) is 0 Å². The highest BCUT2D eigenvalue weighted by Crippen LogP contribution is 2.24. The van der Waals surface area contributed by atoms with E-state index in [4.69, 9.17) is 4.74 Å². The van der Waals surface area contributed by atoms with Crippen LogP contribution in [-0.2, 0) is 4.74 Å². The van der Waals surface area contributed by atoms with E-state index in [1.54, 1.807) is 4.90 Å². The highest BCUT2D eigenvalue weighted by atomic mass is 16.6. The number of rotatable bonds is 4. The molecular formula is C21H32N4O4. The summed E-state index contributed by atoms with van der Waals surface area (Å²) in [5, 5.41) is 0. The van der Waals surface area contributed by atoms with Crippen LogP contribution < -0.4 is 0 Å². The zero-order chi connectivity index (χ0) is 21.1. The van der Waals surface area contributed by atoms with Gasteiger partial charge < -0.3 is 19.5 Å². The average Bonchev–Trinajstić information content (AvgIpc) is 3.02. The number of piperazine rings is 1. The highest BCUT2D eigenvalue weighted by molar-refractivity contribution is 6.02. The Hall–Kier alpha value is -2.35. The van der Waals surface area contributed by atoms with E-state index in [0.717, 1.165) is 43.7 Å². The number of carbonyl (C=O) groups excluding carboxylic acids is 3. The highest BCUT2D eigenvalue weighted by Gasteiger charge is 2.33. The lowest BCUT2D eigenvalue weighted by Crippen LogP contribution is -2.56. The van der Waals surface area contributed by atoms with E-state index in [2.05, 4.69) is 9.88 Å². The first-order valence-corrected chi connectivity index (χ1v) is 10.5. The second-order valence-electron chi connectivity index (χ2n) is 7.95. The molecule has 8 nitrogen and oxygen atoms in total. The number of hydrogen-bond donors (Lipinski definition) is 1. The molecule has 0 spiro atoms. The number of aromatic amines is 1. The minimum absolute atomic E-state index is 0.00129. The maximum atomic E-state index is 13.2. The first-order chi connectivity index (χ1) is 13.8. The van der Waals surface area contributed by atoms with Crippen molar-refractivity contribution in [2.24, 2.45) is 0 Å². The Morgan fingerprint density at radius 2 is 1.76 bits per heavy atom.